The third-order valence-corrected chi connectivity index (χ3v) is 3.61. The van der Waals surface area contributed by atoms with Crippen molar-refractivity contribution in [3.05, 3.63) is 45.9 Å². The third kappa shape index (κ3) is 3.34. The Hall–Kier alpha value is -1.33. The van der Waals surface area contributed by atoms with Gasteiger partial charge in [-0.3, -0.25) is 4.98 Å². The predicted octanol–water partition coefficient (Wildman–Crippen LogP) is 2.88. The quantitative estimate of drug-likeness (QED) is 0.903. The molecule has 0 saturated carbocycles. The summed E-state index contributed by atoms with van der Waals surface area (Å²) in [7, 11) is 0. The summed E-state index contributed by atoms with van der Waals surface area (Å²) in [6.07, 6.45) is 3.69. The SMILES string of the molecule is CCNC(Cc1nc(C)cs1)c1cncc(F)c1. The average molecular weight is 265 g/mol. The van der Waals surface area contributed by atoms with Gasteiger partial charge in [-0.15, -0.1) is 11.3 Å². The van der Waals surface area contributed by atoms with Crippen molar-refractivity contribution in [1.82, 2.24) is 15.3 Å². The van der Waals surface area contributed by atoms with Crippen LogP contribution >= 0.6 is 11.3 Å². The summed E-state index contributed by atoms with van der Waals surface area (Å²) in [6, 6.07) is 1.59. The second-order valence-electron chi connectivity index (χ2n) is 4.13. The standard InChI is InChI=1S/C13H16FN3S/c1-3-16-12(5-13-17-9(2)8-18-13)10-4-11(14)7-15-6-10/h4,6-8,12,16H,3,5H2,1-2H3. The summed E-state index contributed by atoms with van der Waals surface area (Å²) in [6.45, 7) is 4.84. The smallest absolute Gasteiger partial charge is 0.141 e. The highest BCUT2D eigenvalue weighted by Gasteiger charge is 2.14. The molecule has 0 aliphatic heterocycles. The van der Waals surface area contributed by atoms with Gasteiger partial charge >= 0.3 is 0 Å². The largest absolute Gasteiger partial charge is 0.310 e. The van der Waals surface area contributed by atoms with Gasteiger partial charge < -0.3 is 5.32 Å². The van der Waals surface area contributed by atoms with E-state index in [0.717, 1.165) is 29.2 Å². The lowest BCUT2D eigenvalue weighted by molar-refractivity contribution is 0.538. The molecular formula is C13H16FN3S. The number of nitrogens with zero attached hydrogens (tertiary/aromatic N) is 2. The van der Waals surface area contributed by atoms with Crippen molar-refractivity contribution in [2.45, 2.75) is 26.3 Å². The molecule has 2 heterocycles. The van der Waals surface area contributed by atoms with Crippen molar-refractivity contribution >= 4 is 11.3 Å². The summed E-state index contributed by atoms with van der Waals surface area (Å²) >= 11 is 1.64. The second kappa shape index (κ2) is 6.02. The lowest BCUT2D eigenvalue weighted by atomic mass is 10.1. The molecule has 1 N–H and O–H groups in total. The minimum absolute atomic E-state index is 0.0590. The Bertz CT molecular complexity index is 512. The number of thiazole rings is 1. The van der Waals surface area contributed by atoms with E-state index < -0.39 is 0 Å². The first-order chi connectivity index (χ1) is 8.69. The maximum Gasteiger partial charge on any atom is 0.141 e. The number of rotatable bonds is 5. The molecule has 3 nitrogen and oxygen atoms in total. The van der Waals surface area contributed by atoms with Crippen molar-refractivity contribution in [2.24, 2.45) is 0 Å². The van der Waals surface area contributed by atoms with Crippen LogP contribution in [0.25, 0.3) is 0 Å². The van der Waals surface area contributed by atoms with E-state index in [4.69, 9.17) is 0 Å². The molecule has 0 aliphatic carbocycles. The number of aromatic nitrogens is 2. The number of likely N-dealkylation sites (N-methyl/N-ethyl adjacent to an activating group) is 1. The molecule has 0 spiro atoms. The Morgan fingerprint density at radius 3 is 2.89 bits per heavy atom. The van der Waals surface area contributed by atoms with E-state index in [1.807, 2.05) is 19.2 Å². The summed E-state index contributed by atoms with van der Waals surface area (Å²) in [5, 5.41) is 6.43. The number of aryl methyl sites for hydroxylation is 1. The van der Waals surface area contributed by atoms with Gasteiger partial charge in [0.2, 0.25) is 0 Å². The molecule has 2 aromatic rings. The summed E-state index contributed by atoms with van der Waals surface area (Å²) in [4.78, 5) is 8.35. The van der Waals surface area contributed by atoms with Gasteiger partial charge in [0.05, 0.1) is 11.2 Å². The van der Waals surface area contributed by atoms with Gasteiger partial charge in [-0.25, -0.2) is 9.37 Å². The average Bonchev–Trinajstić information content (AvgIpc) is 2.74. The molecule has 5 heteroatoms. The van der Waals surface area contributed by atoms with Gasteiger partial charge in [0, 0.05) is 29.7 Å². The minimum Gasteiger partial charge on any atom is -0.310 e. The molecule has 18 heavy (non-hydrogen) atoms. The fourth-order valence-corrected chi connectivity index (χ4v) is 2.66. The molecule has 0 bridgehead atoms. The third-order valence-electron chi connectivity index (χ3n) is 2.62. The highest BCUT2D eigenvalue weighted by Crippen LogP contribution is 2.20. The Morgan fingerprint density at radius 1 is 1.44 bits per heavy atom. The Labute approximate surface area is 110 Å². The van der Waals surface area contributed by atoms with Crippen LogP contribution in [0.3, 0.4) is 0 Å². The maximum absolute atomic E-state index is 13.2. The monoisotopic (exact) mass is 265 g/mol. The molecule has 2 aromatic heterocycles. The molecule has 0 radical (unpaired) electrons. The number of hydrogen-bond donors (Lipinski definition) is 1. The van der Waals surface area contributed by atoms with Crippen molar-refractivity contribution < 1.29 is 4.39 Å². The first-order valence-electron chi connectivity index (χ1n) is 5.94. The van der Waals surface area contributed by atoms with E-state index in [9.17, 15) is 4.39 Å². The van der Waals surface area contributed by atoms with E-state index in [2.05, 4.69) is 15.3 Å². The van der Waals surface area contributed by atoms with Crippen molar-refractivity contribution in [3.63, 3.8) is 0 Å². The number of hydrogen-bond acceptors (Lipinski definition) is 4. The van der Waals surface area contributed by atoms with Gasteiger partial charge in [-0.05, 0) is 25.1 Å². The van der Waals surface area contributed by atoms with Crippen LogP contribution < -0.4 is 5.32 Å². The maximum atomic E-state index is 13.2. The molecule has 0 aromatic carbocycles. The minimum atomic E-state index is -0.300. The fraction of sp³-hybridized carbons (Fsp3) is 0.385. The topological polar surface area (TPSA) is 37.8 Å². The van der Waals surface area contributed by atoms with Crippen LogP contribution in [-0.2, 0) is 6.42 Å². The molecule has 96 valence electrons. The zero-order chi connectivity index (χ0) is 13.0. The molecule has 1 atom stereocenters. The highest BCUT2D eigenvalue weighted by molar-refractivity contribution is 7.09. The van der Waals surface area contributed by atoms with E-state index in [-0.39, 0.29) is 11.9 Å². The van der Waals surface area contributed by atoms with Crippen LogP contribution in [0.5, 0.6) is 0 Å². The van der Waals surface area contributed by atoms with Crippen LogP contribution in [0.1, 0.15) is 29.2 Å². The Balaban J connectivity index is 2.17. The Kier molecular flexibility index (Phi) is 4.38. The lowest BCUT2D eigenvalue weighted by Crippen LogP contribution is -2.23. The zero-order valence-electron chi connectivity index (χ0n) is 10.5. The first kappa shape index (κ1) is 13.1. The highest BCUT2D eigenvalue weighted by atomic mass is 32.1. The summed E-state index contributed by atoms with van der Waals surface area (Å²) in [5.74, 6) is -0.300. The first-order valence-corrected chi connectivity index (χ1v) is 6.82. The Morgan fingerprint density at radius 2 is 2.28 bits per heavy atom. The number of halogens is 1. The van der Waals surface area contributed by atoms with Crippen LogP contribution in [0.2, 0.25) is 0 Å². The van der Waals surface area contributed by atoms with Crippen LogP contribution in [0.15, 0.2) is 23.8 Å². The lowest BCUT2D eigenvalue weighted by Gasteiger charge is -2.16. The van der Waals surface area contributed by atoms with Gasteiger partial charge in [0.25, 0.3) is 0 Å². The molecule has 2 rings (SSSR count). The molecule has 0 amide bonds. The zero-order valence-corrected chi connectivity index (χ0v) is 11.3. The van der Waals surface area contributed by atoms with Gasteiger partial charge in [-0.1, -0.05) is 6.92 Å². The number of pyridine rings is 1. The number of nitrogens with one attached hydrogen (secondary N) is 1. The summed E-state index contributed by atoms with van der Waals surface area (Å²) < 4.78 is 13.2. The van der Waals surface area contributed by atoms with Crippen LogP contribution in [0.4, 0.5) is 4.39 Å². The van der Waals surface area contributed by atoms with Gasteiger partial charge in [-0.2, -0.15) is 0 Å². The molecule has 0 aliphatic rings. The summed E-state index contributed by atoms with van der Waals surface area (Å²) in [5.41, 5.74) is 1.90. The van der Waals surface area contributed by atoms with E-state index in [0.29, 0.717) is 0 Å². The fourth-order valence-electron chi connectivity index (χ4n) is 1.84. The van der Waals surface area contributed by atoms with E-state index >= 15 is 0 Å². The molecule has 0 saturated heterocycles. The van der Waals surface area contributed by atoms with Crippen molar-refractivity contribution in [2.75, 3.05) is 6.54 Å². The van der Waals surface area contributed by atoms with Gasteiger partial charge in [0.15, 0.2) is 0 Å². The van der Waals surface area contributed by atoms with Crippen LogP contribution in [-0.4, -0.2) is 16.5 Å². The van der Waals surface area contributed by atoms with Crippen molar-refractivity contribution in [1.29, 1.82) is 0 Å². The molecule has 1 unspecified atom stereocenters. The predicted molar refractivity (Wildman–Crippen MR) is 71.2 cm³/mol. The normalized spacial score (nSPS) is 12.6. The second-order valence-corrected chi connectivity index (χ2v) is 5.08. The van der Waals surface area contributed by atoms with E-state index in [1.165, 1.54) is 12.3 Å². The molecular weight excluding hydrogens is 249 g/mol. The van der Waals surface area contributed by atoms with Gasteiger partial charge in [0.1, 0.15) is 5.82 Å². The van der Waals surface area contributed by atoms with Crippen LogP contribution in [0, 0.1) is 12.7 Å². The van der Waals surface area contributed by atoms with Crippen molar-refractivity contribution in [3.8, 4) is 0 Å². The molecule has 0 fully saturated rings. The van der Waals surface area contributed by atoms with E-state index in [1.54, 1.807) is 17.5 Å².